The van der Waals surface area contributed by atoms with Gasteiger partial charge in [0.2, 0.25) is 0 Å². The van der Waals surface area contributed by atoms with Gasteiger partial charge in [-0.2, -0.15) is 0 Å². The highest BCUT2D eigenvalue weighted by Crippen LogP contribution is 2.29. The number of nitrogens with one attached hydrogen (secondary N) is 1. The van der Waals surface area contributed by atoms with Crippen LogP contribution in [0, 0.1) is 5.92 Å². The molecule has 1 saturated carbocycles. The molecule has 1 aliphatic rings. The Morgan fingerprint density at radius 3 is 2.56 bits per heavy atom. The molecule has 90 valence electrons. The smallest absolute Gasteiger partial charge is 0.323 e. The Morgan fingerprint density at radius 1 is 1.50 bits per heavy atom. The zero-order valence-corrected chi connectivity index (χ0v) is 9.66. The maximum atomic E-state index is 11.6. The van der Waals surface area contributed by atoms with E-state index in [9.17, 15) is 9.59 Å². The number of hydrogen-bond donors (Lipinski definition) is 2. The fourth-order valence-electron chi connectivity index (χ4n) is 1.28. The Kier molecular flexibility index (Phi) is 4.61. The first kappa shape index (κ1) is 12.8. The number of carboxylic acid groups (broad SMARTS) is 1. The zero-order chi connectivity index (χ0) is 12.1. The van der Waals surface area contributed by atoms with Crippen molar-refractivity contribution < 1.29 is 14.7 Å². The number of halogens is 1. The minimum atomic E-state index is -1.01. The van der Waals surface area contributed by atoms with Crippen molar-refractivity contribution in [2.75, 3.05) is 19.6 Å². The van der Waals surface area contributed by atoms with Crippen molar-refractivity contribution in [3.63, 3.8) is 0 Å². The summed E-state index contributed by atoms with van der Waals surface area (Å²) in [6, 6.07) is -0.406. The predicted octanol–water partition coefficient (Wildman–Crippen LogP) is 1.25. The first-order valence-electron chi connectivity index (χ1n) is 5.07. The number of amides is 2. The van der Waals surface area contributed by atoms with E-state index in [0.29, 0.717) is 17.5 Å². The van der Waals surface area contributed by atoms with Gasteiger partial charge in [0.05, 0.1) is 6.54 Å². The second-order valence-electron chi connectivity index (χ2n) is 3.89. The largest absolute Gasteiger partial charge is 0.480 e. The lowest BCUT2D eigenvalue weighted by atomic mass is 10.3. The van der Waals surface area contributed by atoms with E-state index in [1.165, 1.54) is 4.90 Å². The summed E-state index contributed by atoms with van der Waals surface area (Å²) >= 11 is 5.51. The van der Waals surface area contributed by atoms with Crippen molar-refractivity contribution in [1.82, 2.24) is 10.2 Å². The van der Waals surface area contributed by atoms with Gasteiger partial charge in [-0.05, 0) is 18.8 Å². The minimum absolute atomic E-state index is 0.154. The van der Waals surface area contributed by atoms with Crippen molar-refractivity contribution in [3.05, 3.63) is 11.6 Å². The van der Waals surface area contributed by atoms with E-state index in [2.05, 4.69) is 11.9 Å². The van der Waals surface area contributed by atoms with Crippen LogP contribution in [0.5, 0.6) is 0 Å². The number of rotatable bonds is 6. The van der Waals surface area contributed by atoms with Gasteiger partial charge in [0.15, 0.2) is 0 Å². The van der Waals surface area contributed by atoms with Crippen LogP contribution in [0.25, 0.3) is 0 Å². The first-order chi connectivity index (χ1) is 7.49. The topological polar surface area (TPSA) is 69.6 Å². The predicted molar refractivity (Wildman–Crippen MR) is 60.3 cm³/mol. The van der Waals surface area contributed by atoms with Gasteiger partial charge in [0.1, 0.15) is 6.54 Å². The Balaban J connectivity index is 2.41. The SMILES string of the molecule is C=C(Cl)CNC(=O)N(CC(=O)O)CC1CC1. The van der Waals surface area contributed by atoms with Crippen molar-refractivity contribution in [2.45, 2.75) is 12.8 Å². The number of carbonyl (C=O) groups is 2. The summed E-state index contributed by atoms with van der Waals surface area (Å²) in [7, 11) is 0. The average molecular weight is 247 g/mol. The Labute approximate surface area is 99.1 Å². The second-order valence-corrected chi connectivity index (χ2v) is 4.43. The quantitative estimate of drug-likeness (QED) is 0.741. The molecular weight excluding hydrogens is 232 g/mol. The van der Waals surface area contributed by atoms with Crippen LogP contribution >= 0.6 is 11.6 Å². The summed E-state index contributed by atoms with van der Waals surface area (Å²) in [4.78, 5) is 23.5. The number of carboxylic acids is 1. The van der Waals surface area contributed by atoms with Crippen LogP contribution in [0.4, 0.5) is 4.79 Å². The molecule has 1 fully saturated rings. The zero-order valence-electron chi connectivity index (χ0n) is 8.91. The van der Waals surface area contributed by atoms with Crippen LogP contribution in [0.15, 0.2) is 11.6 Å². The summed E-state index contributed by atoms with van der Waals surface area (Å²) in [6.45, 7) is 3.80. The molecule has 2 amide bonds. The molecule has 0 atom stereocenters. The number of nitrogens with zero attached hydrogens (tertiary/aromatic N) is 1. The van der Waals surface area contributed by atoms with E-state index < -0.39 is 12.0 Å². The standard InChI is InChI=1S/C10H15ClN2O3/c1-7(11)4-12-10(16)13(6-9(14)15)5-8-2-3-8/h8H,1-6H2,(H,12,16)(H,14,15). The Hall–Kier alpha value is -1.23. The van der Waals surface area contributed by atoms with Gasteiger partial charge >= 0.3 is 12.0 Å². The van der Waals surface area contributed by atoms with Crippen LogP contribution < -0.4 is 5.32 Å². The third kappa shape index (κ3) is 5.02. The molecule has 0 aliphatic heterocycles. The minimum Gasteiger partial charge on any atom is -0.480 e. The summed E-state index contributed by atoms with van der Waals surface area (Å²) in [5.41, 5.74) is 0. The molecular formula is C10H15ClN2O3. The number of hydrogen-bond acceptors (Lipinski definition) is 2. The van der Waals surface area contributed by atoms with Gasteiger partial charge in [-0.3, -0.25) is 4.79 Å². The molecule has 0 bridgehead atoms. The highest BCUT2D eigenvalue weighted by molar-refractivity contribution is 6.29. The van der Waals surface area contributed by atoms with Gasteiger partial charge in [-0.15, -0.1) is 0 Å². The molecule has 0 heterocycles. The molecule has 0 saturated heterocycles. The summed E-state index contributed by atoms with van der Waals surface area (Å²) in [5.74, 6) is -0.565. The molecule has 0 radical (unpaired) electrons. The monoisotopic (exact) mass is 246 g/mol. The van der Waals surface area contributed by atoms with Gasteiger partial charge in [-0.25, -0.2) is 4.79 Å². The lowest BCUT2D eigenvalue weighted by molar-refractivity contribution is -0.137. The molecule has 1 rings (SSSR count). The normalized spacial score (nSPS) is 14.3. The maximum absolute atomic E-state index is 11.6. The Morgan fingerprint density at radius 2 is 2.12 bits per heavy atom. The summed E-state index contributed by atoms with van der Waals surface area (Å²) < 4.78 is 0. The molecule has 16 heavy (non-hydrogen) atoms. The van der Waals surface area contributed by atoms with Crippen molar-refractivity contribution >= 4 is 23.6 Å². The fraction of sp³-hybridized carbons (Fsp3) is 0.600. The third-order valence-electron chi connectivity index (χ3n) is 2.22. The average Bonchev–Trinajstić information content (AvgIpc) is 2.96. The molecule has 5 nitrogen and oxygen atoms in total. The van der Waals surface area contributed by atoms with Crippen LogP contribution in [-0.2, 0) is 4.79 Å². The first-order valence-corrected chi connectivity index (χ1v) is 5.44. The third-order valence-corrected chi connectivity index (χ3v) is 2.35. The summed E-state index contributed by atoms with van der Waals surface area (Å²) in [6.07, 6.45) is 2.12. The number of carbonyl (C=O) groups excluding carboxylic acids is 1. The van der Waals surface area contributed by atoms with E-state index >= 15 is 0 Å². The van der Waals surface area contributed by atoms with Gasteiger partial charge in [0, 0.05) is 11.6 Å². The van der Waals surface area contributed by atoms with Gasteiger partial charge in [0.25, 0.3) is 0 Å². The lowest BCUT2D eigenvalue weighted by Crippen LogP contribution is -2.44. The van der Waals surface area contributed by atoms with Crippen molar-refractivity contribution in [1.29, 1.82) is 0 Å². The molecule has 0 aromatic heterocycles. The van der Waals surface area contributed by atoms with Gasteiger partial charge in [-0.1, -0.05) is 18.2 Å². The molecule has 1 aliphatic carbocycles. The van der Waals surface area contributed by atoms with E-state index in [0.717, 1.165) is 12.8 Å². The molecule has 0 unspecified atom stereocenters. The molecule has 0 spiro atoms. The summed E-state index contributed by atoms with van der Waals surface area (Å²) in [5, 5.41) is 11.5. The number of urea groups is 1. The molecule has 2 N–H and O–H groups in total. The maximum Gasteiger partial charge on any atom is 0.323 e. The van der Waals surface area contributed by atoms with E-state index in [-0.39, 0.29) is 13.1 Å². The van der Waals surface area contributed by atoms with Gasteiger partial charge < -0.3 is 15.3 Å². The fourth-order valence-corrected chi connectivity index (χ4v) is 1.34. The van der Waals surface area contributed by atoms with Crippen molar-refractivity contribution in [3.8, 4) is 0 Å². The van der Waals surface area contributed by atoms with Crippen LogP contribution in [0.1, 0.15) is 12.8 Å². The number of aliphatic carboxylic acids is 1. The van der Waals surface area contributed by atoms with Crippen LogP contribution in [0.3, 0.4) is 0 Å². The highest BCUT2D eigenvalue weighted by Gasteiger charge is 2.27. The molecule has 0 aromatic carbocycles. The van der Waals surface area contributed by atoms with E-state index in [1.54, 1.807) is 0 Å². The molecule has 0 aromatic rings. The van der Waals surface area contributed by atoms with E-state index in [1.807, 2.05) is 0 Å². The van der Waals surface area contributed by atoms with Crippen molar-refractivity contribution in [2.24, 2.45) is 5.92 Å². The van der Waals surface area contributed by atoms with E-state index in [4.69, 9.17) is 16.7 Å². The Bertz CT molecular complexity index is 302. The van der Waals surface area contributed by atoms with Crippen LogP contribution in [-0.4, -0.2) is 41.6 Å². The lowest BCUT2D eigenvalue weighted by Gasteiger charge is -2.20. The molecule has 6 heteroatoms. The highest BCUT2D eigenvalue weighted by atomic mass is 35.5. The second kappa shape index (κ2) is 5.75. The van der Waals surface area contributed by atoms with Crippen LogP contribution in [0.2, 0.25) is 0 Å².